The maximum atomic E-state index is 6.23. The molecule has 0 aromatic carbocycles. The van der Waals surface area contributed by atoms with Crippen LogP contribution in [0.1, 0.15) is 33.6 Å². The van der Waals surface area contributed by atoms with Crippen molar-refractivity contribution >= 4 is 8.32 Å². The molecule has 94 valence electrons. The van der Waals surface area contributed by atoms with Crippen molar-refractivity contribution in [2.45, 2.75) is 70.6 Å². The van der Waals surface area contributed by atoms with Crippen LogP contribution in [0.3, 0.4) is 0 Å². The second kappa shape index (κ2) is 4.28. The fourth-order valence-electron chi connectivity index (χ4n) is 2.36. The maximum Gasteiger partial charge on any atom is 0.184 e. The van der Waals surface area contributed by atoms with Crippen LogP contribution in [0.25, 0.3) is 0 Å². The van der Waals surface area contributed by atoms with Gasteiger partial charge in [-0.05, 0) is 53.3 Å². The van der Waals surface area contributed by atoms with Crippen LogP contribution < -0.4 is 0 Å². The lowest BCUT2D eigenvalue weighted by Crippen LogP contribution is -2.47. The number of hydrogen-bond acceptors (Lipinski definition) is 2. The minimum atomic E-state index is -1.52. The van der Waals surface area contributed by atoms with Gasteiger partial charge in [0.1, 0.15) is 0 Å². The third kappa shape index (κ3) is 3.44. The van der Waals surface area contributed by atoms with E-state index >= 15 is 0 Å². The van der Waals surface area contributed by atoms with Gasteiger partial charge in [-0.3, -0.25) is 0 Å². The SMILES string of the molecule is C=C[C@@]1(C)CC[C@H](C(C)(C)O[Si](C)(C)C)O1. The Labute approximate surface area is 101 Å². The summed E-state index contributed by atoms with van der Waals surface area (Å²) in [6, 6.07) is 0. The van der Waals surface area contributed by atoms with Gasteiger partial charge in [0.05, 0.1) is 17.3 Å². The summed E-state index contributed by atoms with van der Waals surface area (Å²) in [7, 11) is -1.52. The summed E-state index contributed by atoms with van der Waals surface area (Å²) >= 11 is 0. The van der Waals surface area contributed by atoms with E-state index in [1.54, 1.807) is 0 Å². The molecule has 0 aliphatic carbocycles. The van der Waals surface area contributed by atoms with Crippen LogP contribution in [-0.4, -0.2) is 25.6 Å². The smallest absolute Gasteiger partial charge is 0.184 e. The van der Waals surface area contributed by atoms with Crippen molar-refractivity contribution in [1.82, 2.24) is 0 Å². The Hall–Kier alpha value is -0.123. The van der Waals surface area contributed by atoms with Gasteiger partial charge in [-0.15, -0.1) is 6.58 Å². The van der Waals surface area contributed by atoms with E-state index in [1.807, 2.05) is 6.08 Å². The minimum absolute atomic E-state index is 0.162. The highest BCUT2D eigenvalue weighted by atomic mass is 28.4. The summed E-state index contributed by atoms with van der Waals surface area (Å²) in [4.78, 5) is 0. The van der Waals surface area contributed by atoms with Crippen molar-refractivity contribution in [1.29, 1.82) is 0 Å². The summed E-state index contributed by atoms with van der Waals surface area (Å²) in [5.41, 5.74) is -0.351. The largest absolute Gasteiger partial charge is 0.410 e. The van der Waals surface area contributed by atoms with E-state index in [0.717, 1.165) is 12.8 Å². The van der Waals surface area contributed by atoms with E-state index in [0.29, 0.717) is 0 Å². The summed E-state index contributed by atoms with van der Waals surface area (Å²) in [5.74, 6) is 0. The Bertz CT molecular complexity index is 268. The summed E-state index contributed by atoms with van der Waals surface area (Å²) in [6.07, 6.45) is 4.19. The van der Waals surface area contributed by atoms with Crippen LogP contribution in [0.4, 0.5) is 0 Å². The molecule has 0 aromatic rings. The van der Waals surface area contributed by atoms with Gasteiger partial charge < -0.3 is 9.16 Å². The van der Waals surface area contributed by atoms with Crippen LogP contribution >= 0.6 is 0 Å². The van der Waals surface area contributed by atoms with E-state index < -0.39 is 8.32 Å². The Morgan fingerprint density at radius 2 is 2.00 bits per heavy atom. The molecule has 1 aliphatic heterocycles. The molecule has 2 atom stereocenters. The van der Waals surface area contributed by atoms with Gasteiger partial charge in [-0.1, -0.05) is 6.08 Å². The average molecular weight is 242 g/mol. The molecule has 0 saturated carbocycles. The first kappa shape index (κ1) is 13.9. The molecule has 0 aromatic heterocycles. The standard InChI is InChI=1S/C13H26O2Si/c1-8-13(4)10-9-11(14-13)12(2,3)15-16(5,6)7/h8,11H,1,9-10H2,2-7H3/t11-,13+/m1/s1. The van der Waals surface area contributed by atoms with Gasteiger partial charge in [-0.2, -0.15) is 0 Å². The summed E-state index contributed by atoms with van der Waals surface area (Å²) < 4.78 is 12.3. The molecule has 1 fully saturated rings. The zero-order valence-electron chi connectivity index (χ0n) is 11.6. The monoisotopic (exact) mass is 242 g/mol. The van der Waals surface area contributed by atoms with E-state index in [-0.39, 0.29) is 17.3 Å². The minimum Gasteiger partial charge on any atom is -0.410 e. The fourth-order valence-corrected chi connectivity index (χ4v) is 4.06. The Morgan fingerprint density at radius 3 is 2.38 bits per heavy atom. The molecule has 0 radical (unpaired) electrons. The molecule has 0 unspecified atom stereocenters. The van der Waals surface area contributed by atoms with Crippen LogP contribution in [0, 0.1) is 0 Å². The second-order valence-electron chi connectivity index (χ2n) is 6.48. The Morgan fingerprint density at radius 1 is 1.44 bits per heavy atom. The highest BCUT2D eigenvalue weighted by molar-refractivity contribution is 6.69. The first-order valence-electron chi connectivity index (χ1n) is 6.10. The van der Waals surface area contributed by atoms with Crippen molar-refractivity contribution in [3.05, 3.63) is 12.7 Å². The first-order valence-corrected chi connectivity index (χ1v) is 9.50. The van der Waals surface area contributed by atoms with Gasteiger partial charge in [-0.25, -0.2) is 0 Å². The zero-order valence-corrected chi connectivity index (χ0v) is 12.6. The number of ether oxygens (including phenoxy) is 1. The summed E-state index contributed by atoms with van der Waals surface area (Å²) in [5, 5.41) is 0. The van der Waals surface area contributed by atoms with Gasteiger partial charge in [0.2, 0.25) is 0 Å². The summed E-state index contributed by atoms with van der Waals surface area (Å²) in [6.45, 7) is 16.9. The quantitative estimate of drug-likeness (QED) is 0.552. The first-order chi connectivity index (χ1) is 7.08. The molecule has 1 aliphatic rings. The topological polar surface area (TPSA) is 18.5 Å². The third-order valence-corrected chi connectivity index (χ3v) is 4.23. The van der Waals surface area contributed by atoms with E-state index in [2.05, 4.69) is 47.0 Å². The van der Waals surface area contributed by atoms with Gasteiger partial charge >= 0.3 is 0 Å². The molecule has 0 bridgehead atoms. The predicted molar refractivity (Wildman–Crippen MR) is 71.2 cm³/mol. The molecule has 0 spiro atoms. The lowest BCUT2D eigenvalue weighted by atomic mass is 9.97. The molecule has 1 rings (SSSR count). The molecule has 1 saturated heterocycles. The molecule has 3 heteroatoms. The van der Waals surface area contributed by atoms with Crippen LogP contribution in [0.15, 0.2) is 12.7 Å². The Balaban J connectivity index is 2.69. The van der Waals surface area contributed by atoms with Crippen molar-refractivity contribution in [3.63, 3.8) is 0 Å². The lowest BCUT2D eigenvalue weighted by Gasteiger charge is -2.38. The van der Waals surface area contributed by atoms with Gasteiger partial charge in [0, 0.05) is 0 Å². The highest BCUT2D eigenvalue weighted by Gasteiger charge is 2.43. The van der Waals surface area contributed by atoms with E-state index in [1.165, 1.54) is 0 Å². The molecule has 2 nitrogen and oxygen atoms in total. The highest BCUT2D eigenvalue weighted by Crippen LogP contribution is 2.38. The average Bonchev–Trinajstić information content (AvgIpc) is 2.45. The van der Waals surface area contributed by atoms with Gasteiger partial charge in [0.15, 0.2) is 8.32 Å². The Kier molecular flexibility index (Phi) is 3.73. The zero-order chi connectivity index (χ0) is 12.6. The van der Waals surface area contributed by atoms with Crippen molar-refractivity contribution in [2.75, 3.05) is 0 Å². The number of rotatable bonds is 4. The lowest BCUT2D eigenvalue weighted by molar-refractivity contribution is -0.0909. The van der Waals surface area contributed by atoms with Crippen LogP contribution in [-0.2, 0) is 9.16 Å². The molecule has 0 N–H and O–H groups in total. The van der Waals surface area contributed by atoms with Crippen molar-refractivity contribution in [2.24, 2.45) is 0 Å². The number of hydrogen-bond donors (Lipinski definition) is 0. The third-order valence-electron chi connectivity index (χ3n) is 3.09. The second-order valence-corrected chi connectivity index (χ2v) is 10.9. The molecule has 16 heavy (non-hydrogen) atoms. The molecular formula is C13H26O2Si. The normalized spacial score (nSPS) is 31.8. The van der Waals surface area contributed by atoms with Crippen LogP contribution in [0.2, 0.25) is 19.6 Å². The van der Waals surface area contributed by atoms with E-state index in [4.69, 9.17) is 9.16 Å². The predicted octanol–water partition coefficient (Wildman–Crippen LogP) is 3.74. The van der Waals surface area contributed by atoms with Crippen molar-refractivity contribution < 1.29 is 9.16 Å². The molecule has 0 amide bonds. The van der Waals surface area contributed by atoms with Crippen molar-refractivity contribution in [3.8, 4) is 0 Å². The molecule has 1 heterocycles. The fraction of sp³-hybridized carbons (Fsp3) is 0.846. The van der Waals surface area contributed by atoms with E-state index in [9.17, 15) is 0 Å². The molecular weight excluding hydrogens is 216 g/mol. The van der Waals surface area contributed by atoms with Crippen LogP contribution in [0.5, 0.6) is 0 Å². The van der Waals surface area contributed by atoms with Gasteiger partial charge in [0.25, 0.3) is 0 Å². The maximum absolute atomic E-state index is 6.23.